The first-order valence-electron chi connectivity index (χ1n) is 30.6. The summed E-state index contributed by atoms with van der Waals surface area (Å²) in [7, 11) is 0. The number of carbonyl (C=O) groups is 3. The Labute approximate surface area is 445 Å². The van der Waals surface area contributed by atoms with Crippen LogP contribution in [0.1, 0.15) is 297 Å². The molecule has 414 valence electrons. The summed E-state index contributed by atoms with van der Waals surface area (Å²) in [5.41, 5.74) is 0. The molecule has 0 heterocycles. The predicted molar refractivity (Wildman–Crippen MR) is 311 cm³/mol. The highest BCUT2D eigenvalue weighted by Gasteiger charge is 2.19. The van der Waals surface area contributed by atoms with Crippen molar-refractivity contribution in [3.63, 3.8) is 0 Å². The maximum absolute atomic E-state index is 12.9. The molecule has 6 heteroatoms. The molecule has 0 aliphatic heterocycles. The summed E-state index contributed by atoms with van der Waals surface area (Å²) in [5.74, 6) is -0.976. The number of allylic oxidation sites excluding steroid dienone is 14. The zero-order valence-electron chi connectivity index (χ0n) is 47.4. The lowest BCUT2D eigenvalue weighted by atomic mass is 10.0. The van der Waals surface area contributed by atoms with Crippen molar-refractivity contribution in [2.75, 3.05) is 13.2 Å². The van der Waals surface area contributed by atoms with Crippen molar-refractivity contribution in [3.05, 3.63) is 85.1 Å². The number of carbonyl (C=O) groups excluding carboxylic acids is 3. The van der Waals surface area contributed by atoms with Crippen molar-refractivity contribution in [1.82, 2.24) is 0 Å². The van der Waals surface area contributed by atoms with Gasteiger partial charge < -0.3 is 14.2 Å². The van der Waals surface area contributed by atoms with E-state index in [1.54, 1.807) is 0 Å². The summed E-state index contributed by atoms with van der Waals surface area (Å²) in [4.78, 5) is 38.2. The summed E-state index contributed by atoms with van der Waals surface area (Å²) < 4.78 is 16.8. The Morgan fingerprint density at radius 1 is 0.292 bits per heavy atom. The second-order valence-corrected chi connectivity index (χ2v) is 20.2. The Balaban J connectivity index is 4.47. The van der Waals surface area contributed by atoms with Gasteiger partial charge in [-0.1, -0.05) is 279 Å². The fraction of sp³-hybridized carbons (Fsp3) is 0.742. The van der Waals surface area contributed by atoms with Gasteiger partial charge in [0, 0.05) is 19.3 Å². The Morgan fingerprint density at radius 2 is 0.569 bits per heavy atom. The van der Waals surface area contributed by atoms with E-state index in [1.165, 1.54) is 173 Å². The molecule has 0 unspecified atom stereocenters. The van der Waals surface area contributed by atoms with E-state index in [-0.39, 0.29) is 37.5 Å². The summed E-state index contributed by atoms with van der Waals surface area (Å²) in [6.45, 7) is 6.49. The third-order valence-electron chi connectivity index (χ3n) is 13.1. The SMILES string of the molecule is CC/C=C\C/C=C\C/C=C\C/C=C\C/C=C\C/C=C\CCC(=O)OC[C@@H](COC(=O)CCCCCCCCCCCCCCCCCC)OC(=O)CCCCCCCCCCC/C=C\CCCCCCCC. The summed E-state index contributed by atoms with van der Waals surface area (Å²) >= 11 is 0. The van der Waals surface area contributed by atoms with Crippen LogP contribution < -0.4 is 0 Å². The van der Waals surface area contributed by atoms with Gasteiger partial charge in [-0.3, -0.25) is 14.4 Å². The topological polar surface area (TPSA) is 78.9 Å². The molecule has 0 spiro atoms. The molecule has 0 aliphatic rings. The Morgan fingerprint density at radius 3 is 0.931 bits per heavy atom. The van der Waals surface area contributed by atoms with Gasteiger partial charge >= 0.3 is 17.9 Å². The Kier molecular flexibility index (Phi) is 57.3. The van der Waals surface area contributed by atoms with E-state index in [9.17, 15) is 14.4 Å². The van der Waals surface area contributed by atoms with Crippen molar-refractivity contribution in [1.29, 1.82) is 0 Å². The lowest BCUT2D eigenvalue weighted by Crippen LogP contribution is -2.30. The minimum atomic E-state index is -0.808. The van der Waals surface area contributed by atoms with E-state index in [1.807, 2.05) is 6.08 Å². The molecule has 0 N–H and O–H groups in total. The molecule has 0 saturated carbocycles. The number of ether oxygens (including phenoxy) is 3. The van der Waals surface area contributed by atoms with Gasteiger partial charge in [0.15, 0.2) is 6.10 Å². The van der Waals surface area contributed by atoms with Gasteiger partial charge in [-0.2, -0.15) is 0 Å². The van der Waals surface area contributed by atoms with Crippen LogP contribution in [0, 0.1) is 0 Å². The van der Waals surface area contributed by atoms with Crippen LogP contribution in [0.2, 0.25) is 0 Å². The molecule has 1 atom stereocenters. The highest BCUT2D eigenvalue weighted by molar-refractivity contribution is 5.71. The molecule has 0 bridgehead atoms. The molecule has 0 amide bonds. The van der Waals surface area contributed by atoms with Crippen molar-refractivity contribution < 1.29 is 28.6 Å². The summed E-state index contributed by atoms with van der Waals surface area (Å²) in [5, 5.41) is 0. The largest absolute Gasteiger partial charge is 0.462 e. The molecule has 0 rings (SSSR count). The molecule has 6 nitrogen and oxygen atoms in total. The van der Waals surface area contributed by atoms with Crippen LogP contribution in [0.4, 0.5) is 0 Å². The molecular weight excluding hydrogens is 889 g/mol. The normalized spacial score (nSPS) is 12.7. The summed E-state index contributed by atoms with van der Waals surface area (Å²) in [6, 6.07) is 0. The molecule has 0 aromatic rings. The molecule has 72 heavy (non-hydrogen) atoms. The minimum Gasteiger partial charge on any atom is -0.462 e. The average Bonchev–Trinajstić information content (AvgIpc) is 3.38. The zero-order chi connectivity index (χ0) is 52.2. The minimum absolute atomic E-state index is 0.0979. The predicted octanol–water partition coefficient (Wildman–Crippen LogP) is 20.7. The van der Waals surface area contributed by atoms with Crippen LogP contribution in [-0.2, 0) is 28.6 Å². The van der Waals surface area contributed by atoms with Crippen molar-refractivity contribution in [3.8, 4) is 0 Å². The maximum Gasteiger partial charge on any atom is 0.306 e. The van der Waals surface area contributed by atoms with Crippen LogP contribution in [-0.4, -0.2) is 37.2 Å². The van der Waals surface area contributed by atoms with Gasteiger partial charge in [-0.25, -0.2) is 0 Å². The Hall–Kier alpha value is -3.41. The van der Waals surface area contributed by atoms with E-state index >= 15 is 0 Å². The van der Waals surface area contributed by atoms with Crippen molar-refractivity contribution in [2.24, 2.45) is 0 Å². The van der Waals surface area contributed by atoms with Crippen LogP contribution in [0.15, 0.2) is 85.1 Å². The van der Waals surface area contributed by atoms with Crippen molar-refractivity contribution in [2.45, 2.75) is 303 Å². The van der Waals surface area contributed by atoms with Crippen LogP contribution >= 0.6 is 0 Å². The Bertz CT molecular complexity index is 1380. The zero-order valence-corrected chi connectivity index (χ0v) is 47.4. The van der Waals surface area contributed by atoms with Gasteiger partial charge in [-0.05, 0) is 83.5 Å². The van der Waals surface area contributed by atoms with Gasteiger partial charge in [0.2, 0.25) is 0 Å². The number of esters is 3. The molecule has 0 saturated heterocycles. The first-order chi connectivity index (χ1) is 35.5. The van der Waals surface area contributed by atoms with E-state index in [2.05, 4.69) is 99.8 Å². The molecule has 0 radical (unpaired) electrons. The fourth-order valence-corrected chi connectivity index (χ4v) is 8.58. The molecular formula is C66H114O6. The van der Waals surface area contributed by atoms with E-state index < -0.39 is 6.10 Å². The maximum atomic E-state index is 12.9. The second kappa shape index (κ2) is 60.1. The smallest absolute Gasteiger partial charge is 0.306 e. The standard InChI is InChI=1S/C66H114O6/c1-4-7-10-13-16-19-22-25-28-31-33-35-38-41-44-47-50-53-56-59-65(68)71-62-63(61-70-64(67)58-55-52-49-46-43-40-37-30-27-24-21-18-15-12-9-6-3)72-66(69)60-57-54-51-48-45-42-39-36-34-32-29-26-23-20-17-14-11-8-5-2/h7,10,16,19,25-26,28-29,33,35,41,44,50,53,63H,4-6,8-9,11-15,17-18,20-24,27,30-32,34,36-40,42-43,45-49,51-52,54-62H2,1-3H3/b10-7-,19-16-,28-25-,29-26-,35-33-,44-41-,53-50-/t63-/m1/s1. The molecule has 0 aromatic carbocycles. The van der Waals surface area contributed by atoms with Gasteiger partial charge in [0.1, 0.15) is 13.2 Å². The highest BCUT2D eigenvalue weighted by Crippen LogP contribution is 2.16. The van der Waals surface area contributed by atoms with Crippen LogP contribution in [0.5, 0.6) is 0 Å². The number of rotatable bonds is 55. The van der Waals surface area contributed by atoms with E-state index in [0.29, 0.717) is 19.3 Å². The quantitative estimate of drug-likeness (QED) is 0.0261. The van der Waals surface area contributed by atoms with E-state index in [0.717, 1.165) is 77.0 Å². The third kappa shape index (κ3) is 57.5. The van der Waals surface area contributed by atoms with Crippen molar-refractivity contribution >= 4 is 17.9 Å². The molecule has 0 aliphatic carbocycles. The summed E-state index contributed by atoms with van der Waals surface area (Å²) in [6.07, 6.45) is 78.8. The van der Waals surface area contributed by atoms with Gasteiger partial charge in [0.25, 0.3) is 0 Å². The molecule has 0 fully saturated rings. The monoisotopic (exact) mass is 1000 g/mol. The van der Waals surface area contributed by atoms with E-state index in [4.69, 9.17) is 14.2 Å². The average molecular weight is 1000 g/mol. The number of unbranched alkanes of at least 4 members (excludes halogenated alkanes) is 30. The second-order valence-electron chi connectivity index (χ2n) is 20.2. The fourth-order valence-electron chi connectivity index (χ4n) is 8.58. The lowest BCUT2D eigenvalue weighted by molar-refractivity contribution is -0.166. The third-order valence-corrected chi connectivity index (χ3v) is 13.1. The molecule has 0 aromatic heterocycles. The lowest BCUT2D eigenvalue weighted by Gasteiger charge is -2.18. The van der Waals surface area contributed by atoms with Gasteiger partial charge in [0.05, 0.1) is 0 Å². The van der Waals surface area contributed by atoms with Gasteiger partial charge in [-0.15, -0.1) is 0 Å². The van der Waals surface area contributed by atoms with Crippen LogP contribution in [0.3, 0.4) is 0 Å². The number of hydrogen-bond donors (Lipinski definition) is 0. The first-order valence-corrected chi connectivity index (χ1v) is 30.6. The number of hydrogen-bond acceptors (Lipinski definition) is 6. The van der Waals surface area contributed by atoms with Crippen LogP contribution in [0.25, 0.3) is 0 Å². The first kappa shape index (κ1) is 68.6. The highest BCUT2D eigenvalue weighted by atomic mass is 16.6.